The van der Waals surface area contributed by atoms with Crippen molar-refractivity contribution in [3.63, 3.8) is 0 Å². The van der Waals surface area contributed by atoms with Crippen molar-refractivity contribution in [1.29, 1.82) is 0 Å². The smallest absolute Gasteiger partial charge is 0.170 e. The van der Waals surface area contributed by atoms with Gasteiger partial charge in [0.05, 0.1) is 25.5 Å². The number of ether oxygens (including phenoxy) is 2. The third-order valence-electron chi connectivity index (χ3n) is 4.73. The minimum Gasteiger partial charge on any atom is -0.493 e. The molecule has 5 heteroatoms. The molecule has 130 valence electrons. The molecular formula is C19H26N2O2S. The molecule has 24 heavy (non-hydrogen) atoms. The van der Waals surface area contributed by atoms with Crippen LogP contribution in [0, 0.1) is 5.92 Å². The van der Waals surface area contributed by atoms with Gasteiger partial charge in [-0.05, 0) is 37.4 Å². The van der Waals surface area contributed by atoms with Crippen molar-refractivity contribution in [2.75, 3.05) is 20.8 Å². The van der Waals surface area contributed by atoms with Crippen LogP contribution >= 0.6 is 11.3 Å². The van der Waals surface area contributed by atoms with Crippen molar-refractivity contribution in [3.8, 4) is 22.1 Å². The first kappa shape index (κ1) is 17.2. The van der Waals surface area contributed by atoms with E-state index in [0.717, 1.165) is 34.3 Å². The van der Waals surface area contributed by atoms with E-state index in [2.05, 4.69) is 24.1 Å². The number of para-hydroxylation sites is 1. The van der Waals surface area contributed by atoms with Crippen LogP contribution in [0.15, 0.2) is 23.6 Å². The first-order valence-electron chi connectivity index (χ1n) is 8.53. The van der Waals surface area contributed by atoms with E-state index in [9.17, 15) is 0 Å². The van der Waals surface area contributed by atoms with E-state index in [1.54, 1.807) is 25.6 Å². The zero-order chi connectivity index (χ0) is 17.1. The van der Waals surface area contributed by atoms with Crippen LogP contribution in [-0.2, 0) is 6.54 Å². The zero-order valence-corrected chi connectivity index (χ0v) is 15.7. The molecule has 1 aliphatic rings. The van der Waals surface area contributed by atoms with Gasteiger partial charge in [-0.1, -0.05) is 19.9 Å². The van der Waals surface area contributed by atoms with Crippen LogP contribution in [0.3, 0.4) is 0 Å². The fourth-order valence-electron chi connectivity index (χ4n) is 3.57. The molecule has 0 N–H and O–H groups in total. The molecule has 1 aromatic carbocycles. The van der Waals surface area contributed by atoms with E-state index in [-0.39, 0.29) is 0 Å². The maximum Gasteiger partial charge on any atom is 0.170 e. The van der Waals surface area contributed by atoms with Gasteiger partial charge < -0.3 is 9.47 Å². The molecule has 1 fully saturated rings. The Labute approximate surface area is 148 Å². The van der Waals surface area contributed by atoms with Crippen LogP contribution in [0.5, 0.6) is 11.5 Å². The second-order valence-electron chi connectivity index (χ2n) is 6.61. The summed E-state index contributed by atoms with van der Waals surface area (Å²) in [5.74, 6) is 2.19. The molecule has 2 heterocycles. The first-order valence-corrected chi connectivity index (χ1v) is 9.41. The van der Waals surface area contributed by atoms with Gasteiger partial charge in [0.1, 0.15) is 5.01 Å². The third kappa shape index (κ3) is 3.42. The predicted molar refractivity (Wildman–Crippen MR) is 98.9 cm³/mol. The Morgan fingerprint density at radius 2 is 2.12 bits per heavy atom. The van der Waals surface area contributed by atoms with Gasteiger partial charge in [0.2, 0.25) is 0 Å². The van der Waals surface area contributed by atoms with Crippen molar-refractivity contribution in [2.24, 2.45) is 5.92 Å². The van der Waals surface area contributed by atoms with Crippen LogP contribution in [0.25, 0.3) is 10.6 Å². The van der Waals surface area contributed by atoms with Gasteiger partial charge in [-0.2, -0.15) is 0 Å². The van der Waals surface area contributed by atoms with E-state index in [4.69, 9.17) is 14.5 Å². The fraction of sp³-hybridized carbons (Fsp3) is 0.526. The number of hydrogen-bond donors (Lipinski definition) is 0. The molecule has 1 aromatic heterocycles. The highest BCUT2D eigenvalue weighted by molar-refractivity contribution is 7.13. The topological polar surface area (TPSA) is 34.6 Å². The van der Waals surface area contributed by atoms with Crippen LogP contribution in [-0.4, -0.2) is 36.7 Å². The highest BCUT2D eigenvalue weighted by Crippen LogP contribution is 2.39. The Balaban J connectivity index is 1.81. The summed E-state index contributed by atoms with van der Waals surface area (Å²) in [6.45, 7) is 6.75. The van der Waals surface area contributed by atoms with E-state index in [1.807, 2.05) is 18.2 Å². The van der Waals surface area contributed by atoms with Crippen LogP contribution in [0.1, 0.15) is 32.4 Å². The van der Waals surface area contributed by atoms with Crippen LogP contribution < -0.4 is 9.47 Å². The molecule has 1 saturated heterocycles. The van der Waals surface area contributed by atoms with Gasteiger partial charge in [0, 0.05) is 18.0 Å². The minimum absolute atomic E-state index is 0.682. The Kier molecular flexibility index (Phi) is 5.41. The second kappa shape index (κ2) is 7.53. The Hall–Kier alpha value is -1.59. The molecule has 2 aromatic rings. The SMILES string of the molecule is COc1cccc(-c2nc(CN3CCCC3C(C)C)cs2)c1OC. The summed E-state index contributed by atoms with van der Waals surface area (Å²) in [7, 11) is 3.33. The number of thiazole rings is 1. The fourth-order valence-corrected chi connectivity index (χ4v) is 4.40. The van der Waals surface area contributed by atoms with Crippen LogP contribution in [0.4, 0.5) is 0 Å². The number of hydrogen-bond acceptors (Lipinski definition) is 5. The summed E-state index contributed by atoms with van der Waals surface area (Å²) in [6.07, 6.45) is 2.60. The highest BCUT2D eigenvalue weighted by atomic mass is 32.1. The lowest BCUT2D eigenvalue weighted by molar-refractivity contribution is 0.197. The van der Waals surface area contributed by atoms with Crippen molar-refractivity contribution in [3.05, 3.63) is 29.3 Å². The largest absolute Gasteiger partial charge is 0.493 e. The van der Waals surface area contributed by atoms with Gasteiger partial charge in [0.15, 0.2) is 11.5 Å². The van der Waals surface area contributed by atoms with Gasteiger partial charge in [-0.3, -0.25) is 4.90 Å². The lowest BCUT2D eigenvalue weighted by Crippen LogP contribution is -2.32. The molecule has 0 bridgehead atoms. The number of nitrogens with zero attached hydrogens (tertiary/aromatic N) is 2. The number of likely N-dealkylation sites (tertiary alicyclic amines) is 1. The molecule has 0 spiro atoms. The lowest BCUT2D eigenvalue weighted by atomic mass is 10.0. The summed E-state index contributed by atoms with van der Waals surface area (Å²) in [6, 6.07) is 6.61. The number of methoxy groups -OCH3 is 2. The van der Waals surface area contributed by atoms with Gasteiger partial charge >= 0.3 is 0 Å². The first-order chi connectivity index (χ1) is 11.6. The van der Waals surface area contributed by atoms with Gasteiger partial charge in [-0.15, -0.1) is 11.3 Å². The quantitative estimate of drug-likeness (QED) is 0.774. The monoisotopic (exact) mass is 346 g/mol. The average molecular weight is 346 g/mol. The summed E-state index contributed by atoms with van der Waals surface area (Å²) >= 11 is 1.67. The van der Waals surface area contributed by atoms with Crippen molar-refractivity contribution < 1.29 is 9.47 Å². The second-order valence-corrected chi connectivity index (χ2v) is 7.47. The predicted octanol–water partition coefficient (Wildman–Crippen LogP) is 4.45. The third-order valence-corrected chi connectivity index (χ3v) is 5.66. The molecule has 1 unspecified atom stereocenters. The maximum atomic E-state index is 5.54. The molecule has 1 aliphatic heterocycles. The minimum atomic E-state index is 0.682. The zero-order valence-electron chi connectivity index (χ0n) is 14.9. The molecule has 0 radical (unpaired) electrons. The molecule has 0 saturated carbocycles. The average Bonchev–Trinajstić information content (AvgIpc) is 3.23. The van der Waals surface area contributed by atoms with E-state index in [0.29, 0.717) is 12.0 Å². The van der Waals surface area contributed by atoms with Crippen LogP contribution in [0.2, 0.25) is 0 Å². The normalized spacial score (nSPS) is 18.3. The van der Waals surface area contributed by atoms with Gasteiger partial charge in [-0.25, -0.2) is 4.98 Å². The Morgan fingerprint density at radius 1 is 1.29 bits per heavy atom. The Bertz CT molecular complexity index is 684. The molecular weight excluding hydrogens is 320 g/mol. The summed E-state index contributed by atoms with van der Waals surface area (Å²) in [5.41, 5.74) is 2.14. The van der Waals surface area contributed by atoms with E-state index in [1.165, 1.54) is 19.4 Å². The van der Waals surface area contributed by atoms with E-state index >= 15 is 0 Å². The molecule has 0 aliphatic carbocycles. The van der Waals surface area contributed by atoms with E-state index < -0.39 is 0 Å². The molecule has 4 nitrogen and oxygen atoms in total. The maximum absolute atomic E-state index is 5.54. The Morgan fingerprint density at radius 3 is 2.83 bits per heavy atom. The summed E-state index contributed by atoms with van der Waals surface area (Å²) in [5, 5.41) is 3.16. The standard InChI is InChI=1S/C19H26N2O2S/c1-13(2)16-8-6-10-21(16)11-14-12-24-19(20-14)15-7-5-9-17(22-3)18(15)23-4/h5,7,9,12-13,16H,6,8,10-11H2,1-4H3. The number of benzene rings is 1. The summed E-state index contributed by atoms with van der Waals surface area (Å²) in [4.78, 5) is 7.44. The highest BCUT2D eigenvalue weighted by Gasteiger charge is 2.27. The number of aromatic nitrogens is 1. The van der Waals surface area contributed by atoms with Gasteiger partial charge in [0.25, 0.3) is 0 Å². The van der Waals surface area contributed by atoms with Crippen molar-refractivity contribution >= 4 is 11.3 Å². The molecule has 0 amide bonds. The van der Waals surface area contributed by atoms with Crippen molar-refractivity contribution in [2.45, 2.75) is 39.3 Å². The lowest BCUT2D eigenvalue weighted by Gasteiger charge is -2.26. The van der Waals surface area contributed by atoms with Crippen molar-refractivity contribution in [1.82, 2.24) is 9.88 Å². The molecule has 1 atom stereocenters. The summed E-state index contributed by atoms with van der Waals surface area (Å²) < 4.78 is 10.9. The molecule has 3 rings (SSSR count). The number of rotatable bonds is 6.